The predicted octanol–water partition coefficient (Wildman–Crippen LogP) is 3.66. The molecule has 0 atom stereocenters. The number of carbonyl (C=O) groups excluding carboxylic acids is 1. The van der Waals surface area contributed by atoms with Crippen LogP contribution >= 0.6 is 0 Å². The summed E-state index contributed by atoms with van der Waals surface area (Å²) in [5.41, 5.74) is 0.815. The van der Waals surface area contributed by atoms with Crippen molar-refractivity contribution in [3.8, 4) is 17.2 Å². The summed E-state index contributed by atoms with van der Waals surface area (Å²) in [5.74, 6) is 0.965. The minimum absolute atomic E-state index is 0.400. The van der Waals surface area contributed by atoms with Gasteiger partial charge in [-0.15, -0.1) is 0 Å². The van der Waals surface area contributed by atoms with Crippen LogP contribution in [0.5, 0.6) is 17.2 Å². The highest BCUT2D eigenvalue weighted by Crippen LogP contribution is 2.40. The molecular formula is C16H22O4. The summed E-state index contributed by atoms with van der Waals surface area (Å²) in [4.78, 5) is 11.4. The number of benzene rings is 1. The molecule has 1 rings (SSSR count). The average Bonchev–Trinajstić information content (AvgIpc) is 2.46. The monoisotopic (exact) mass is 278 g/mol. The van der Waals surface area contributed by atoms with Gasteiger partial charge in [-0.2, -0.15) is 0 Å². The normalized spacial score (nSPS) is 9.95. The van der Waals surface area contributed by atoms with Crippen molar-refractivity contribution in [1.82, 2.24) is 0 Å². The Bertz CT molecular complexity index is 466. The van der Waals surface area contributed by atoms with Crippen molar-refractivity contribution in [3.63, 3.8) is 0 Å². The summed E-state index contributed by atoms with van der Waals surface area (Å²) in [7, 11) is 0. The van der Waals surface area contributed by atoms with Gasteiger partial charge >= 0.3 is 5.97 Å². The van der Waals surface area contributed by atoms with Crippen LogP contribution in [0.15, 0.2) is 24.8 Å². The first-order chi connectivity index (χ1) is 9.63. The summed E-state index contributed by atoms with van der Waals surface area (Å²) in [5, 5.41) is 0. The number of hydrogen-bond donors (Lipinski definition) is 0. The fourth-order valence-corrected chi connectivity index (χ4v) is 1.58. The van der Waals surface area contributed by atoms with Crippen molar-refractivity contribution in [2.24, 2.45) is 0 Å². The molecule has 0 N–H and O–H groups in total. The maximum atomic E-state index is 11.4. The lowest BCUT2D eigenvalue weighted by Gasteiger charge is -2.17. The average molecular weight is 278 g/mol. The standard InChI is InChI=1S/C16H22O4/c1-5-10-18-13-9-8-12(4)15(20-14(17)7-3)16(13)19-11-6-2/h7-9H,3,5-6,10-11H2,1-2,4H3. The highest BCUT2D eigenvalue weighted by Gasteiger charge is 2.17. The van der Waals surface area contributed by atoms with Crippen LogP contribution in [0.1, 0.15) is 32.3 Å². The molecule has 1 aromatic carbocycles. The molecule has 0 saturated carbocycles. The van der Waals surface area contributed by atoms with Crippen molar-refractivity contribution < 1.29 is 19.0 Å². The Labute approximate surface area is 120 Å². The first-order valence-corrected chi connectivity index (χ1v) is 6.87. The molecular weight excluding hydrogens is 256 g/mol. The molecule has 0 aromatic heterocycles. The lowest BCUT2D eigenvalue weighted by Crippen LogP contribution is -2.09. The van der Waals surface area contributed by atoms with E-state index in [-0.39, 0.29) is 0 Å². The Morgan fingerprint density at radius 2 is 1.80 bits per heavy atom. The van der Waals surface area contributed by atoms with E-state index in [2.05, 4.69) is 6.58 Å². The van der Waals surface area contributed by atoms with E-state index in [0.29, 0.717) is 30.5 Å². The third-order valence-corrected chi connectivity index (χ3v) is 2.55. The molecule has 0 radical (unpaired) electrons. The van der Waals surface area contributed by atoms with Gasteiger partial charge in [0.1, 0.15) is 0 Å². The molecule has 0 spiro atoms. The van der Waals surface area contributed by atoms with E-state index < -0.39 is 5.97 Å². The molecule has 4 heteroatoms. The van der Waals surface area contributed by atoms with E-state index >= 15 is 0 Å². The molecule has 110 valence electrons. The van der Waals surface area contributed by atoms with Crippen molar-refractivity contribution in [1.29, 1.82) is 0 Å². The number of ether oxygens (including phenoxy) is 3. The second-order valence-electron chi connectivity index (χ2n) is 4.36. The van der Waals surface area contributed by atoms with Crippen LogP contribution < -0.4 is 14.2 Å². The van der Waals surface area contributed by atoms with E-state index in [9.17, 15) is 4.79 Å². The van der Waals surface area contributed by atoms with Crippen molar-refractivity contribution in [2.75, 3.05) is 13.2 Å². The fraction of sp³-hybridized carbons (Fsp3) is 0.438. The van der Waals surface area contributed by atoms with Gasteiger partial charge in [-0.3, -0.25) is 0 Å². The van der Waals surface area contributed by atoms with Gasteiger partial charge in [-0.1, -0.05) is 26.5 Å². The van der Waals surface area contributed by atoms with E-state index in [1.54, 1.807) is 0 Å². The zero-order valence-corrected chi connectivity index (χ0v) is 12.4. The van der Waals surface area contributed by atoms with Crippen LogP contribution in [0.3, 0.4) is 0 Å². The van der Waals surface area contributed by atoms with Gasteiger partial charge in [0.15, 0.2) is 11.5 Å². The molecule has 0 unspecified atom stereocenters. The summed E-state index contributed by atoms with van der Waals surface area (Å²) in [6, 6.07) is 3.68. The summed E-state index contributed by atoms with van der Waals surface area (Å²) < 4.78 is 16.6. The first-order valence-electron chi connectivity index (χ1n) is 6.87. The molecule has 20 heavy (non-hydrogen) atoms. The minimum atomic E-state index is -0.512. The molecule has 0 amide bonds. The van der Waals surface area contributed by atoms with Gasteiger partial charge in [0.2, 0.25) is 5.75 Å². The molecule has 4 nitrogen and oxygen atoms in total. The molecule has 0 aliphatic carbocycles. The Kier molecular flexibility index (Phi) is 6.64. The van der Waals surface area contributed by atoms with E-state index in [1.807, 2.05) is 32.9 Å². The number of esters is 1. The zero-order valence-electron chi connectivity index (χ0n) is 12.4. The molecule has 0 bridgehead atoms. The lowest BCUT2D eigenvalue weighted by atomic mass is 10.2. The Morgan fingerprint density at radius 1 is 1.15 bits per heavy atom. The van der Waals surface area contributed by atoms with Gasteiger partial charge < -0.3 is 14.2 Å². The number of rotatable bonds is 8. The van der Waals surface area contributed by atoms with Crippen LogP contribution in [0.25, 0.3) is 0 Å². The Balaban J connectivity index is 3.14. The van der Waals surface area contributed by atoms with Crippen molar-refractivity contribution >= 4 is 5.97 Å². The fourth-order valence-electron chi connectivity index (χ4n) is 1.58. The van der Waals surface area contributed by atoms with Gasteiger partial charge in [-0.25, -0.2) is 4.79 Å². The Hall–Kier alpha value is -1.97. The van der Waals surface area contributed by atoms with E-state index in [0.717, 1.165) is 24.5 Å². The summed E-state index contributed by atoms with van der Waals surface area (Å²) in [6.07, 6.45) is 2.88. The third-order valence-electron chi connectivity index (χ3n) is 2.55. The lowest BCUT2D eigenvalue weighted by molar-refractivity contribution is -0.129. The van der Waals surface area contributed by atoms with E-state index in [4.69, 9.17) is 14.2 Å². The van der Waals surface area contributed by atoms with E-state index in [1.165, 1.54) is 0 Å². The van der Waals surface area contributed by atoms with Crippen LogP contribution in [-0.2, 0) is 4.79 Å². The summed E-state index contributed by atoms with van der Waals surface area (Å²) in [6.45, 7) is 10.4. The van der Waals surface area contributed by atoms with Crippen molar-refractivity contribution in [3.05, 3.63) is 30.4 Å². The maximum Gasteiger partial charge on any atom is 0.335 e. The topological polar surface area (TPSA) is 44.8 Å². The van der Waals surface area contributed by atoms with Crippen LogP contribution in [0.2, 0.25) is 0 Å². The third kappa shape index (κ3) is 4.30. The highest BCUT2D eigenvalue weighted by molar-refractivity contribution is 5.84. The largest absolute Gasteiger partial charge is 0.490 e. The second-order valence-corrected chi connectivity index (χ2v) is 4.36. The molecule has 0 heterocycles. The van der Waals surface area contributed by atoms with Gasteiger partial charge in [0.25, 0.3) is 0 Å². The summed E-state index contributed by atoms with van der Waals surface area (Å²) >= 11 is 0. The predicted molar refractivity (Wildman–Crippen MR) is 78.6 cm³/mol. The molecule has 0 aliphatic heterocycles. The molecule has 0 fully saturated rings. The van der Waals surface area contributed by atoms with Crippen LogP contribution in [-0.4, -0.2) is 19.2 Å². The van der Waals surface area contributed by atoms with Crippen LogP contribution in [0.4, 0.5) is 0 Å². The minimum Gasteiger partial charge on any atom is -0.490 e. The van der Waals surface area contributed by atoms with Gasteiger partial charge in [0.05, 0.1) is 13.2 Å². The van der Waals surface area contributed by atoms with Crippen LogP contribution in [0, 0.1) is 6.92 Å². The zero-order chi connectivity index (χ0) is 15.0. The first kappa shape index (κ1) is 16.1. The van der Waals surface area contributed by atoms with Gasteiger partial charge in [0, 0.05) is 6.08 Å². The van der Waals surface area contributed by atoms with Crippen molar-refractivity contribution in [2.45, 2.75) is 33.6 Å². The number of hydrogen-bond acceptors (Lipinski definition) is 4. The van der Waals surface area contributed by atoms with Gasteiger partial charge in [-0.05, 0) is 31.4 Å². The Morgan fingerprint density at radius 3 is 2.40 bits per heavy atom. The molecule has 0 aliphatic rings. The highest BCUT2D eigenvalue weighted by atomic mass is 16.6. The molecule has 1 aromatic rings. The molecule has 0 saturated heterocycles. The number of carbonyl (C=O) groups is 1. The quantitative estimate of drug-likeness (QED) is 0.413. The second kappa shape index (κ2) is 8.25. The smallest absolute Gasteiger partial charge is 0.335 e. The SMILES string of the molecule is C=CC(=O)Oc1c(C)ccc(OCCC)c1OCCC. The maximum absolute atomic E-state index is 11.4. The number of aryl methyl sites for hydroxylation is 1.